The second-order valence-corrected chi connectivity index (χ2v) is 4.53. The highest BCUT2D eigenvalue weighted by Gasteiger charge is 2.30. The van der Waals surface area contributed by atoms with Gasteiger partial charge in [-0.1, -0.05) is 13.8 Å². The van der Waals surface area contributed by atoms with Crippen molar-refractivity contribution in [3.05, 3.63) is 0 Å². The van der Waals surface area contributed by atoms with Crippen LogP contribution in [0.3, 0.4) is 0 Å². The Labute approximate surface area is 76.1 Å². The van der Waals surface area contributed by atoms with E-state index in [-0.39, 0.29) is 0 Å². The normalized spacial score (nSPS) is 34.5. The molecule has 0 bridgehead atoms. The number of nitrogens with two attached hydrogens (primary N) is 1. The lowest BCUT2D eigenvalue weighted by molar-refractivity contribution is 0.161. The average molecular weight is 170 g/mol. The van der Waals surface area contributed by atoms with Crippen molar-refractivity contribution in [3.8, 4) is 0 Å². The van der Waals surface area contributed by atoms with Gasteiger partial charge in [0.15, 0.2) is 0 Å². The fourth-order valence-electron chi connectivity index (χ4n) is 2.05. The summed E-state index contributed by atoms with van der Waals surface area (Å²) >= 11 is 0. The monoisotopic (exact) mass is 170 g/mol. The van der Waals surface area contributed by atoms with E-state index in [0.29, 0.717) is 18.1 Å². The van der Waals surface area contributed by atoms with Gasteiger partial charge in [0, 0.05) is 24.7 Å². The van der Waals surface area contributed by atoms with Crippen LogP contribution >= 0.6 is 0 Å². The van der Waals surface area contributed by atoms with E-state index in [1.165, 1.54) is 0 Å². The summed E-state index contributed by atoms with van der Waals surface area (Å²) in [4.78, 5) is 2.54. The third-order valence-electron chi connectivity index (χ3n) is 3.14. The molecule has 2 heteroatoms. The summed E-state index contributed by atoms with van der Waals surface area (Å²) in [6.07, 6.45) is 1.16. The number of likely N-dealkylation sites (tertiary alicyclic amines) is 1. The standard InChI is InChI=1S/C10H22N2/c1-7(2)9(4)12-6-10(11)5-8(12)3/h7-10H,5-6,11H2,1-4H3. The topological polar surface area (TPSA) is 29.3 Å². The van der Waals surface area contributed by atoms with Gasteiger partial charge >= 0.3 is 0 Å². The Morgan fingerprint density at radius 2 is 1.92 bits per heavy atom. The average Bonchev–Trinajstić information content (AvgIpc) is 2.28. The lowest BCUT2D eigenvalue weighted by Crippen LogP contribution is -2.40. The molecule has 3 unspecified atom stereocenters. The second-order valence-electron chi connectivity index (χ2n) is 4.53. The van der Waals surface area contributed by atoms with Gasteiger partial charge in [0.1, 0.15) is 0 Å². The zero-order valence-electron chi connectivity index (χ0n) is 8.75. The fraction of sp³-hybridized carbons (Fsp3) is 1.00. The van der Waals surface area contributed by atoms with Gasteiger partial charge in [-0.2, -0.15) is 0 Å². The van der Waals surface area contributed by atoms with Gasteiger partial charge < -0.3 is 5.73 Å². The molecule has 1 aliphatic heterocycles. The van der Waals surface area contributed by atoms with Crippen molar-refractivity contribution in [2.45, 2.75) is 52.2 Å². The molecule has 1 fully saturated rings. The summed E-state index contributed by atoms with van der Waals surface area (Å²) < 4.78 is 0. The molecule has 3 atom stereocenters. The minimum atomic E-state index is 0.404. The molecule has 1 saturated heterocycles. The van der Waals surface area contributed by atoms with Gasteiger partial charge in [-0.05, 0) is 26.2 Å². The van der Waals surface area contributed by atoms with Crippen LogP contribution in [0.4, 0.5) is 0 Å². The van der Waals surface area contributed by atoms with Crippen molar-refractivity contribution in [1.82, 2.24) is 4.90 Å². The molecule has 1 aliphatic rings. The maximum absolute atomic E-state index is 5.91. The van der Waals surface area contributed by atoms with E-state index >= 15 is 0 Å². The minimum Gasteiger partial charge on any atom is -0.326 e. The summed E-state index contributed by atoms with van der Waals surface area (Å²) in [5, 5.41) is 0. The molecule has 0 amide bonds. The molecule has 0 radical (unpaired) electrons. The smallest absolute Gasteiger partial charge is 0.0182 e. The van der Waals surface area contributed by atoms with Crippen LogP contribution in [0.5, 0.6) is 0 Å². The molecule has 12 heavy (non-hydrogen) atoms. The van der Waals surface area contributed by atoms with Crippen LogP contribution in [-0.2, 0) is 0 Å². The van der Waals surface area contributed by atoms with Gasteiger partial charge in [-0.15, -0.1) is 0 Å². The molecular weight excluding hydrogens is 148 g/mol. The van der Waals surface area contributed by atoms with Crippen molar-refractivity contribution in [2.75, 3.05) is 6.54 Å². The highest BCUT2D eigenvalue weighted by atomic mass is 15.2. The van der Waals surface area contributed by atoms with Crippen molar-refractivity contribution in [1.29, 1.82) is 0 Å². The Hall–Kier alpha value is -0.0800. The van der Waals surface area contributed by atoms with E-state index in [9.17, 15) is 0 Å². The number of rotatable bonds is 2. The molecule has 2 N–H and O–H groups in total. The predicted octanol–water partition coefficient (Wildman–Crippen LogP) is 1.45. The molecule has 2 nitrogen and oxygen atoms in total. The van der Waals surface area contributed by atoms with Crippen molar-refractivity contribution < 1.29 is 0 Å². The molecular formula is C10H22N2. The van der Waals surface area contributed by atoms with E-state index in [1.54, 1.807) is 0 Å². The largest absolute Gasteiger partial charge is 0.326 e. The summed E-state index contributed by atoms with van der Waals surface area (Å²) in [5.41, 5.74) is 5.91. The molecule has 0 aromatic heterocycles. The highest BCUT2D eigenvalue weighted by Crippen LogP contribution is 2.22. The lowest BCUT2D eigenvalue weighted by Gasteiger charge is -2.31. The van der Waals surface area contributed by atoms with E-state index in [1.807, 2.05) is 0 Å². The SMILES string of the molecule is CC(C)C(C)N1CC(N)CC1C. The van der Waals surface area contributed by atoms with Gasteiger partial charge in [0.2, 0.25) is 0 Å². The van der Waals surface area contributed by atoms with E-state index in [4.69, 9.17) is 5.73 Å². The van der Waals surface area contributed by atoms with Gasteiger partial charge in [0.25, 0.3) is 0 Å². The van der Waals surface area contributed by atoms with Gasteiger partial charge in [-0.3, -0.25) is 4.90 Å². The van der Waals surface area contributed by atoms with E-state index in [0.717, 1.165) is 18.9 Å². The predicted molar refractivity (Wildman–Crippen MR) is 53.1 cm³/mol. The first kappa shape index (κ1) is 10.0. The molecule has 0 spiro atoms. The maximum atomic E-state index is 5.91. The molecule has 0 aliphatic carbocycles. The van der Waals surface area contributed by atoms with Crippen LogP contribution in [0.1, 0.15) is 34.1 Å². The first-order chi connectivity index (χ1) is 5.52. The Kier molecular flexibility index (Phi) is 3.13. The summed E-state index contributed by atoms with van der Waals surface area (Å²) in [5.74, 6) is 0.734. The zero-order chi connectivity index (χ0) is 9.30. The Balaban J connectivity index is 2.51. The summed E-state index contributed by atoms with van der Waals surface area (Å²) in [7, 11) is 0. The lowest BCUT2D eigenvalue weighted by atomic mass is 10.0. The Morgan fingerprint density at radius 1 is 1.33 bits per heavy atom. The molecule has 1 heterocycles. The summed E-state index contributed by atoms with van der Waals surface area (Å²) in [6.45, 7) is 10.2. The van der Waals surface area contributed by atoms with Crippen LogP contribution in [0.2, 0.25) is 0 Å². The first-order valence-corrected chi connectivity index (χ1v) is 5.03. The van der Waals surface area contributed by atoms with Crippen LogP contribution in [0.25, 0.3) is 0 Å². The third kappa shape index (κ3) is 1.99. The number of hydrogen-bond donors (Lipinski definition) is 1. The van der Waals surface area contributed by atoms with Gasteiger partial charge in [-0.25, -0.2) is 0 Å². The first-order valence-electron chi connectivity index (χ1n) is 5.03. The van der Waals surface area contributed by atoms with E-state index in [2.05, 4.69) is 32.6 Å². The minimum absolute atomic E-state index is 0.404. The molecule has 1 rings (SSSR count). The van der Waals surface area contributed by atoms with Gasteiger partial charge in [0.05, 0.1) is 0 Å². The quantitative estimate of drug-likeness (QED) is 0.679. The van der Waals surface area contributed by atoms with Crippen molar-refractivity contribution >= 4 is 0 Å². The summed E-state index contributed by atoms with van der Waals surface area (Å²) in [6, 6.07) is 1.76. The Morgan fingerprint density at radius 3 is 2.25 bits per heavy atom. The van der Waals surface area contributed by atoms with Crippen LogP contribution in [0, 0.1) is 5.92 Å². The fourth-order valence-corrected chi connectivity index (χ4v) is 2.05. The van der Waals surface area contributed by atoms with Crippen LogP contribution in [-0.4, -0.2) is 29.6 Å². The highest BCUT2D eigenvalue weighted by molar-refractivity contribution is 4.88. The maximum Gasteiger partial charge on any atom is 0.0182 e. The molecule has 0 saturated carbocycles. The number of nitrogens with zero attached hydrogens (tertiary/aromatic N) is 1. The zero-order valence-corrected chi connectivity index (χ0v) is 8.75. The second kappa shape index (κ2) is 3.75. The third-order valence-corrected chi connectivity index (χ3v) is 3.14. The number of hydrogen-bond acceptors (Lipinski definition) is 2. The van der Waals surface area contributed by atoms with Crippen molar-refractivity contribution in [3.63, 3.8) is 0 Å². The molecule has 72 valence electrons. The molecule has 0 aromatic carbocycles. The van der Waals surface area contributed by atoms with Crippen molar-refractivity contribution in [2.24, 2.45) is 11.7 Å². The Bertz CT molecular complexity index is 145. The van der Waals surface area contributed by atoms with Crippen LogP contribution in [0.15, 0.2) is 0 Å². The van der Waals surface area contributed by atoms with E-state index < -0.39 is 0 Å². The van der Waals surface area contributed by atoms with Crippen LogP contribution < -0.4 is 5.73 Å². The molecule has 0 aromatic rings.